The normalized spacial score (nSPS) is 10.9. The Kier molecular flexibility index (Phi) is 3.79. The largest absolute Gasteiger partial charge is 0.464 e. The molecule has 1 heterocycles. The van der Waals surface area contributed by atoms with Crippen LogP contribution in [0, 0.1) is 16.7 Å². The number of methoxy groups -OCH3 is 1. The Morgan fingerprint density at radius 1 is 1.65 bits per heavy atom. The smallest absolute Gasteiger partial charge is 0.354 e. The second kappa shape index (κ2) is 4.91. The van der Waals surface area contributed by atoms with Crippen LogP contribution in [-0.4, -0.2) is 17.6 Å². The fourth-order valence-corrected chi connectivity index (χ4v) is 1.45. The number of hydrogen-bond acceptors (Lipinski definition) is 4. The van der Waals surface area contributed by atoms with Gasteiger partial charge in [-0.1, -0.05) is 0 Å². The topological polar surface area (TPSA) is 81.0 Å². The number of nitriles is 1. The molecule has 0 spiro atoms. The van der Waals surface area contributed by atoms with Crippen molar-refractivity contribution in [2.24, 2.45) is 5.41 Å². The van der Waals surface area contributed by atoms with Crippen molar-refractivity contribution in [1.82, 2.24) is 4.57 Å². The summed E-state index contributed by atoms with van der Waals surface area (Å²) in [4.78, 5) is 11.5. The first kappa shape index (κ1) is 13.1. The molecule has 0 fully saturated rings. The molecule has 1 aromatic heterocycles. The molecule has 0 aliphatic rings. The summed E-state index contributed by atoms with van der Waals surface area (Å²) in [6.07, 6.45) is 2.32. The lowest BCUT2D eigenvalue weighted by atomic mass is 9.91. The molecular formula is C12H17N3O2. The lowest BCUT2D eigenvalue weighted by Gasteiger charge is -2.16. The van der Waals surface area contributed by atoms with Crippen molar-refractivity contribution in [2.75, 3.05) is 12.8 Å². The van der Waals surface area contributed by atoms with E-state index in [0.29, 0.717) is 24.3 Å². The van der Waals surface area contributed by atoms with E-state index in [4.69, 9.17) is 11.0 Å². The first-order valence-electron chi connectivity index (χ1n) is 5.35. The molecule has 0 unspecified atom stereocenters. The Morgan fingerprint density at radius 3 is 2.82 bits per heavy atom. The van der Waals surface area contributed by atoms with Crippen LogP contribution in [0.1, 0.15) is 30.8 Å². The molecule has 17 heavy (non-hydrogen) atoms. The number of esters is 1. The van der Waals surface area contributed by atoms with Crippen molar-refractivity contribution >= 4 is 11.7 Å². The van der Waals surface area contributed by atoms with Crippen LogP contribution in [0.2, 0.25) is 0 Å². The number of nitrogens with two attached hydrogens (primary N) is 1. The number of rotatable bonds is 4. The second-order valence-electron chi connectivity index (χ2n) is 4.59. The number of nitrogen functional groups attached to an aromatic ring is 1. The van der Waals surface area contributed by atoms with Gasteiger partial charge in [0.25, 0.3) is 0 Å². The Morgan fingerprint density at radius 2 is 2.29 bits per heavy atom. The van der Waals surface area contributed by atoms with Crippen LogP contribution in [-0.2, 0) is 11.3 Å². The van der Waals surface area contributed by atoms with Gasteiger partial charge in [-0.15, -0.1) is 0 Å². The first-order valence-corrected chi connectivity index (χ1v) is 5.35. The molecule has 0 saturated heterocycles. The molecule has 0 atom stereocenters. The van der Waals surface area contributed by atoms with E-state index in [-0.39, 0.29) is 0 Å². The summed E-state index contributed by atoms with van der Waals surface area (Å²) in [5.74, 6) is -0.420. The van der Waals surface area contributed by atoms with Crippen LogP contribution < -0.4 is 5.73 Å². The molecule has 0 aliphatic heterocycles. The van der Waals surface area contributed by atoms with Crippen LogP contribution in [0.5, 0.6) is 0 Å². The maximum absolute atomic E-state index is 11.5. The Hall–Kier alpha value is -1.96. The van der Waals surface area contributed by atoms with E-state index in [0.717, 1.165) is 0 Å². The van der Waals surface area contributed by atoms with E-state index in [1.165, 1.54) is 7.11 Å². The lowest BCUT2D eigenvalue weighted by Crippen LogP contribution is -2.15. The molecule has 0 bridgehead atoms. The maximum Gasteiger partial charge on any atom is 0.354 e. The van der Waals surface area contributed by atoms with Crippen molar-refractivity contribution in [1.29, 1.82) is 5.26 Å². The van der Waals surface area contributed by atoms with Crippen LogP contribution in [0.4, 0.5) is 5.69 Å². The van der Waals surface area contributed by atoms with Gasteiger partial charge >= 0.3 is 5.97 Å². The third kappa shape index (κ3) is 3.25. The van der Waals surface area contributed by atoms with Crippen LogP contribution in [0.15, 0.2) is 12.3 Å². The van der Waals surface area contributed by atoms with Gasteiger partial charge in [0.1, 0.15) is 5.69 Å². The summed E-state index contributed by atoms with van der Waals surface area (Å²) in [7, 11) is 1.33. The van der Waals surface area contributed by atoms with Crippen molar-refractivity contribution in [3.8, 4) is 6.07 Å². The fourth-order valence-electron chi connectivity index (χ4n) is 1.45. The first-order chi connectivity index (χ1) is 7.89. The van der Waals surface area contributed by atoms with E-state index in [1.54, 1.807) is 16.8 Å². The van der Waals surface area contributed by atoms with E-state index >= 15 is 0 Å². The van der Waals surface area contributed by atoms with Gasteiger partial charge in [-0.25, -0.2) is 4.79 Å². The SMILES string of the molecule is COC(=O)c1cc(N)cn1CCC(C)(C)C#N. The molecule has 5 heteroatoms. The Labute approximate surface area is 101 Å². The minimum atomic E-state index is -0.424. The van der Waals surface area contributed by atoms with E-state index in [1.807, 2.05) is 13.8 Å². The summed E-state index contributed by atoms with van der Waals surface area (Å²) >= 11 is 0. The number of ether oxygens (including phenoxy) is 1. The predicted octanol–water partition coefficient (Wildman–Crippen LogP) is 1.80. The highest BCUT2D eigenvalue weighted by Gasteiger charge is 2.19. The quantitative estimate of drug-likeness (QED) is 0.807. The summed E-state index contributed by atoms with van der Waals surface area (Å²) in [5.41, 5.74) is 6.16. The van der Waals surface area contributed by atoms with Gasteiger partial charge in [-0.05, 0) is 26.3 Å². The number of hydrogen-bond donors (Lipinski definition) is 1. The lowest BCUT2D eigenvalue weighted by molar-refractivity contribution is 0.0587. The van der Waals surface area contributed by atoms with Crippen molar-refractivity contribution in [3.63, 3.8) is 0 Å². The van der Waals surface area contributed by atoms with Gasteiger partial charge in [-0.3, -0.25) is 0 Å². The van der Waals surface area contributed by atoms with E-state index in [9.17, 15) is 4.79 Å². The Balaban J connectivity index is 2.85. The molecule has 0 aromatic carbocycles. The summed E-state index contributed by atoms with van der Waals surface area (Å²) in [6.45, 7) is 4.28. The minimum Gasteiger partial charge on any atom is -0.464 e. The third-order valence-electron chi connectivity index (χ3n) is 2.59. The standard InChI is InChI=1S/C12H17N3O2/c1-12(2,8-13)4-5-15-7-9(14)6-10(15)11(16)17-3/h6-7H,4-5,14H2,1-3H3. The molecule has 0 amide bonds. The molecule has 1 rings (SSSR count). The minimum absolute atomic E-state index is 0.415. The number of nitrogens with zero attached hydrogens (tertiary/aromatic N) is 2. The molecule has 0 aliphatic carbocycles. The molecule has 0 saturated carbocycles. The van der Waals surface area contributed by atoms with Crippen molar-refractivity contribution in [2.45, 2.75) is 26.8 Å². The van der Waals surface area contributed by atoms with Crippen LogP contribution in [0.25, 0.3) is 0 Å². The van der Waals surface area contributed by atoms with Crippen molar-refractivity contribution < 1.29 is 9.53 Å². The third-order valence-corrected chi connectivity index (χ3v) is 2.59. The van der Waals surface area contributed by atoms with Gasteiger partial charge in [0.2, 0.25) is 0 Å². The van der Waals surface area contributed by atoms with Gasteiger partial charge in [0.05, 0.1) is 24.3 Å². The molecule has 5 nitrogen and oxygen atoms in total. The van der Waals surface area contributed by atoms with Gasteiger partial charge < -0.3 is 15.0 Å². The second-order valence-corrected chi connectivity index (χ2v) is 4.59. The van der Waals surface area contributed by atoms with Gasteiger partial charge in [0, 0.05) is 12.7 Å². The fraction of sp³-hybridized carbons (Fsp3) is 0.500. The molecule has 92 valence electrons. The monoisotopic (exact) mass is 235 g/mol. The number of carbonyl (C=O) groups is 1. The number of aromatic nitrogens is 1. The maximum atomic E-state index is 11.5. The number of aryl methyl sites for hydroxylation is 1. The highest BCUT2D eigenvalue weighted by atomic mass is 16.5. The van der Waals surface area contributed by atoms with E-state index in [2.05, 4.69) is 10.8 Å². The van der Waals surface area contributed by atoms with Crippen LogP contribution in [0.3, 0.4) is 0 Å². The Bertz CT molecular complexity index is 455. The summed E-state index contributed by atoms with van der Waals surface area (Å²) in [5, 5.41) is 8.93. The average molecular weight is 235 g/mol. The highest BCUT2D eigenvalue weighted by molar-refractivity contribution is 5.88. The average Bonchev–Trinajstić information content (AvgIpc) is 2.67. The number of carbonyl (C=O) groups excluding carboxylic acids is 1. The summed E-state index contributed by atoms with van der Waals surface area (Å²) < 4.78 is 6.39. The zero-order valence-electron chi connectivity index (χ0n) is 10.4. The van der Waals surface area contributed by atoms with Crippen molar-refractivity contribution in [3.05, 3.63) is 18.0 Å². The van der Waals surface area contributed by atoms with Gasteiger partial charge in [0.15, 0.2) is 0 Å². The summed E-state index contributed by atoms with van der Waals surface area (Å²) in [6, 6.07) is 3.79. The zero-order chi connectivity index (χ0) is 13.1. The predicted molar refractivity (Wildman–Crippen MR) is 64.2 cm³/mol. The highest BCUT2D eigenvalue weighted by Crippen LogP contribution is 2.21. The number of anilines is 1. The molecule has 0 radical (unpaired) electrons. The molecule has 1 aromatic rings. The zero-order valence-corrected chi connectivity index (χ0v) is 10.4. The van der Waals surface area contributed by atoms with Crippen LogP contribution >= 0.6 is 0 Å². The van der Waals surface area contributed by atoms with E-state index < -0.39 is 11.4 Å². The van der Waals surface area contributed by atoms with Gasteiger partial charge in [-0.2, -0.15) is 5.26 Å². The molecule has 2 N–H and O–H groups in total. The molecular weight excluding hydrogens is 218 g/mol.